The van der Waals surface area contributed by atoms with Gasteiger partial charge in [-0.15, -0.1) is 0 Å². The number of nitrogens with zero attached hydrogens (tertiary/aromatic N) is 2. The molecule has 3 N–H and O–H groups in total. The van der Waals surface area contributed by atoms with Crippen LogP contribution in [0.5, 0.6) is 5.88 Å². The molecular weight excluding hydrogens is 433 g/mol. The maximum atomic E-state index is 13.4. The summed E-state index contributed by atoms with van der Waals surface area (Å²) in [5.41, 5.74) is 5.91. The number of amides is 2. The lowest BCUT2D eigenvalue weighted by atomic mass is 9.99. The molecule has 10 heteroatoms. The number of urea groups is 1. The third-order valence-electron chi connectivity index (χ3n) is 6.43. The largest absolute Gasteiger partial charge is 0.475 e. The summed E-state index contributed by atoms with van der Waals surface area (Å²) < 4.78 is 35.6. The van der Waals surface area contributed by atoms with Gasteiger partial charge in [0.15, 0.2) is 0 Å². The Morgan fingerprint density at radius 1 is 1.25 bits per heavy atom. The van der Waals surface area contributed by atoms with Crippen molar-refractivity contribution in [3.63, 3.8) is 0 Å². The number of anilines is 1. The van der Waals surface area contributed by atoms with Crippen LogP contribution >= 0.6 is 0 Å². The highest BCUT2D eigenvalue weighted by molar-refractivity contribution is 7.99. The number of hydrogen-bond acceptors (Lipinski definition) is 5. The number of carbonyl (C=O) groups excluding carboxylic acids is 1. The van der Waals surface area contributed by atoms with Gasteiger partial charge >= 0.3 is 6.03 Å². The molecule has 0 saturated carbocycles. The van der Waals surface area contributed by atoms with E-state index in [4.69, 9.17) is 4.74 Å². The summed E-state index contributed by atoms with van der Waals surface area (Å²) in [6, 6.07) is 1.66. The first-order valence-electron chi connectivity index (χ1n) is 11.1. The number of nitrogens with one attached hydrogen (secondary N) is 3. The molecule has 1 aromatic carbocycles. The Hall–Kier alpha value is -2.59. The number of alkyl halides is 1. The number of benzene rings is 1. The van der Waals surface area contributed by atoms with Gasteiger partial charge in [-0.3, -0.25) is 4.72 Å². The zero-order valence-corrected chi connectivity index (χ0v) is 18.7. The second-order valence-corrected chi connectivity index (χ2v) is 10.6. The standard InChI is InChI=1S/C22H28FN5O3S/c1-32(30,19-11-25-28-12-16(24-9-8-23)13-31-21(19)28)27-22(29)26-20-17-6-2-4-14(17)10-15-5-3-7-18(15)20/h10-11,16,24H,1-9,12-13H2,(H2,26,27,29,30)/t16-,32?/m0/s1. The van der Waals surface area contributed by atoms with Crippen LogP contribution in [0.15, 0.2) is 17.2 Å². The number of hydrogen-bond donors (Lipinski definition) is 3. The molecule has 0 spiro atoms. The van der Waals surface area contributed by atoms with Crippen molar-refractivity contribution >= 4 is 27.3 Å². The van der Waals surface area contributed by atoms with Gasteiger partial charge in [0.2, 0.25) is 5.88 Å². The van der Waals surface area contributed by atoms with Gasteiger partial charge < -0.3 is 15.4 Å². The van der Waals surface area contributed by atoms with Crippen LogP contribution in [-0.4, -0.2) is 51.8 Å². The van der Waals surface area contributed by atoms with Gasteiger partial charge in [-0.2, -0.15) is 5.10 Å². The normalized spacial score (nSPS) is 20.6. The molecule has 172 valence electrons. The molecular formula is C22H28FN5O3S. The van der Waals surface area contributed by atoms with Crippen LogP contribution < -0.4 is 20.1 Å². The molecule has 2 aliphatic carbocycles. The lowest BCUT2D eigenvalue weighted by molar-refractivity contribution is 0.177. The molecule has 0 radical (unpaired) electrons. The molecule has 1 aliphatic heterocycles. The number of rotatable bonds is 6. The predicted molar refractivity (Wildman–Crippen MR) is 122 cm³/mol. The summed E-state index contributed by atoms with van der Waals surface area (Å²) in [6.45, 7) is 0.521. The predicted octanol–water partition coefficient (Wildman–Crippen LogP) is 1.99. The quantitative estimate of drug-likeness (QED) is 0.572. The third kappa shape index (κ3) is 3.86. The van der Waals surface area contributed by atoms with Crippen LogP contribution in [0, 0.1) is 0 Å². The molecule has 0 saturated heterocycles. The van der Waals surface area contributed by atoms with E-state index < -0.39 is 22.4 Å². The number of fused-ring (bicyclic) bond motifs is 3. The molecule has 1 unspecified atom stereocenters. The van der Waals surface area contributed by atoms with E-state index in [9.17, 15) is 13.4 Å². The third-order valence-corrected chi connectivity index (χ3v) is 7.93. The summed E-state index contributed by atoms with van der Waals surface area (Å²) in [5.74, 6) is 4.10. The molecule has 2 heterocycles. The second-order valence-electron chi connectivity index (χ2n) is 8.61. The zero-order valence-electron chi connectivity index (χ0n) is 17.9. The first-order chi connectivity index (χ1) is 15.5. The fourth-order valence-electron chi connectivity index (χ4n) is 4.99. The number of carbonyl (C=O) groups is 1. The van der Waals surface area contributed by atoms with Gasteiger partial charge in [-0.05, 0) is 66.6 Å². The van der Waals surface area contributed by atoms with Crippen molar-refractivity contribution in [3.8, 4) is 5.88 Å². The minimum Gasteiger partial charge on any atom is -0.475 e. The highest BCUT2D eigenvalue weighted by Crippen LogP contribution is 2.38. The smallest absolute Gasteiger partial charge is 0.330 e. The average Bonchev–Trinajstić information content (AvgIpc) is 3.50. The molecule has 0 bridgehead atoms. The topological polar surface area (TPSA) is 97.3 Å². The highest BCUT2D eigenvalue weighted by Gasteiger charge is 2.29. The summed E-state index contributed by atoms with van der Waals surface area (Å²) in [6.07, 6.45) is 7.54. The van der Waals surface area contributed by atoms with E-state index in [2.05, 4.69) is 32.4 Å². The van der Waals surface area contributed by atoms with Gasteiger partial charge in [-0.25, -0.2) is 18.1 Å². The van der Waals surface area contributed by atoms with E-state index in [0.717, 1.165) is 44.2 Å². The van der Waals surface area contributed by atoms with Crippen molar-refractivity contribution in [2.45, 2.75) is 56.0 Å². The minimum atomic E-state index is -3.19. The second kappa shape index (κ2) is 8.40. The molecule has 0 fully saturated rings. The maximum Gasteiger partial charge on any atom is 0.330 e. The molecule has 2 aromatic rings. The first kappa shape index (κ1) is 21.3. The summed E-state index contributed by atoms with van der Waals surface area (Å²) in [4.78, 5) is 13.2. The van der Waals surface area contributed by atoms with E-state index >= 15 is 0 Å². The van der Waals surface area contributed by atoms with Gasteiger partial charge in [0.05, 0.1) is 28.5 Å². The van der Waals surface area contributed by atoms with Crippen molar-refractivity contribution in [1.29, 1.82) is 0 Å². The van der Waals surface area contributed by atoms with E-state index in [-0.39, 0.29) is 17.5 Å². The fraction of sp³-hybridized carbons (Fsp3) is 0.500. The Kier molecular flexibility index (Phi) is 5.58. The number of ether oxygens (including phenoxy) is 1. The zero-order chi connectivity index (χ0) is 22.3. The van der Waals surface area contributed by atoms with Gasteiger partial charge in [0, 0.05) is 12.2 Å². The van der Waals surface area contributed by atoms with Crippen molar-refractivity contribution in [2.24, 2.45) is 0 Å². The van der Waals surface area contributed by atoms with Crippen molar-refractivity contribution in [2.75, 3.05) is 25.1 Å². The molecule has 32 heavy (non-hydrogen) atoms. The molecule has 3 aliphatic rings. The van der Waals surface area contributed by atoms with Crippen LogP contribution in [0.4, 0.5) is 14.9 Å². The monoisotopic (exact) mass is 461 g/mol. The molecule has 2 amide bonds. The Morgan fingerprint density at radius 3 is 2.66 bits per heavy atom. The fourth-order valence-corrected chi connectivity index (χ4v) is 6.12. The van der Waals surface area contributed by atoms with Gasteiger partial charge in [0.1, 0.15) is 18.2 Å². The van der Waals surface area contributed by atoms with Crippen LogP contribution in [0.2, 0.25) is 0 Å². The average molecular weight is 462 g/mol. The van der Waals surface area contributed by atoms with E-state index in [1.165, 1.54) is 28.5 Å². The lowest BCUT2D eigenvalue weighted by Gasteiger charge is -2.25. The Morgan fingerprint density at radius 2 is 1.97 bits per heavy atom. The molecule has 8 nitrogen and oxygen atoms in total. The van der Waals surface area contributed by atoms with Crippen molar-refractivity contribution in [1.82, 2.24) is 19.8 Å². The van der Waals surface area contributed by atoms with Crippen LogP contribution in [-0.2, 0) is 41.9 Å². The van der Waals surface area contributed by atoms with Crippen molar-refractivity contribution < 1.29 is 18.1 Å². The molecule has 1 aromatic heterocycles. The molecule has 2 atom stereocenters. The Labute approximate surface area is 187 Å². The molecule has 5 rings (SSSR count). The maximum absolute atomic E-state index is 13.4. The Balaban J connectivity index is 1.33. The minimum absolute atomic E-state index is 0.0922. The SMILES string of the molecule is C=S(=O)(NC(=O)Nc1c2c(cc3c1CCC3)CCC2)c1cnn2c1OC[C@@H](NCCF)C2. The van der Waals surface area contributed by atoms with Gasteiger partial charge in [0.25, 0.3) is 0 Å². The number of aromatic nitrogens is 2. The van der Waals surface area contributed by atoms with E-state index in [1.54, 1.807) is 4.68 Å². The highest BCUT2D eigenvalue weighted by atomic mass is 32.2. The van der Waals surface area contributed by atoms with Crippen LogP contribution in [0.1, 0.15) is 35.1 Å². The number of halogens is 1. The Bertz CT molecular complexity index is 1130. The van der Waals surface area contributed by atoms with E-state index in [1.807, 2.05) is 0 Å². The van der Waals surface area contributed by atoms with Crippen molar-refractivity contribution in [3.05, 3.63) is 34.5 Å². The number of aryl methyl sites for hydroxylation is 2. The van der Waals surface area contributed by atoms with E-state index in [0.29, 0.717) is 19.0 Å². The van der Waals surface area contributed by atoms with Gasteiger partial charge in [-0.1, -0.05) is 6.07 Å². The lowest BCUT2D eigenvalue weighted by Crippen LogP contribution is -2.43. The van der Waals surface area contributed by atoms with Crippen LogP contribution in [0.3, 0.4) is 0 Å². The summed E-state index contributed by atoms with van der Waals surface area (Å²) in [7, 11) is -3.19. The summed E-state index contributed by atoms with van der Waals surface area (Å²) in [5, 5.41) is 10.3. The summed E-state index contributed by atoms with van der Waals surface area (Å²) >= 11 is 0. The van der Waals surface area contributed by atoms with Crippen LogP contribution in [0.25, 0.3) is 0 Å². The first-order valence-corrected chi connectivity index (χ1v) is 12.8.